The number of hydrogen-bond donors (Lipinski definition) is 2. The maximum absolute atomic E-state index is 13.2. The van der Waals surface area contributed by atoms with E-state index in [9.17, 15) is 19.2 Å². The normalized spacial score (nSPS) is 15.2. The number of hydrogen-bond acceptors (Lipinski definition) is 6. The lowest BCUT2D eigenvalue weighted by atomic mass is 10.1. The third-order valence-electron chi connectivity index (χ3n) is 5.94. The Kier molecular flexibility index (Phi) is 6.96. The van der Waals surface area contributed by atoms with Crippen molar-refractivity contribution in [2.24, 2.45) is 5.92 Å². The van der Waals surface area contributed by atoms with Gasteiger partial charge in [-0.15, -0.1) is 0 Å². The van der Waals surface area contributed by atoms with E-state index in [0.717, 1.165) is 0 Å². The first-order valence-electron chi connectivity index (χ1n) is 11.2. The van der Waals surface area contributed by atoms with Crippen molar-refractivity contribution >= 4 is 23.3 Å². The highest BCUT2D eigenvalue weighted by Crippen LogP contribution is 2.32. The van der Waals surface area contributed by atoms with Crippen molar-refractivity contribution in [1.82, 2.24) is 15.1 Å². The molecule has 4 rings (SSSR count). The first kappa shape index (κ1) is 23.8. The number of anilines is 2. The number of aryl methyl sites for hydroxylation is 1. The monoisotopic (exact) mass is 476 g/mol. The maximum atomic E-state index is 13.2. The van der Waals surface area contributed by atoms with E-state index in [4.69, 9.17) is 10.5 Å². The molecule has 9 nitrogen and oxygen atoms in total. The number of aromatic nitrogens is 2. The van der Waals surface area contributed by atoms with Crippen LogP contribution in [0, 0.1) is 23.1 Å². The van der Waals surface area contributed by atoms with Crippen LogP contribution in [0.3, 0.4) is 0 Å². The van der Waals surface area contributed by atoms with Crippen molar-refractivity contribution in [3.63, 3.8) is 0 Å². The Morgan fingerprint density at radius 1 is 1.29 bits per heavy atom. The predicted octanol–water partition coefficient (Wildman–Crippen LogP) is 2.58. The van der Waals surface area contributed by atoms with Crippen LogP contribution in [0.5, 0.6) is 5.75 Å². The zero-order valence-electron chi connectivity index (χ0n) is 19.2. The summed E-state index contributed by atoms with van der Waals surface area (Å²) in [5, 5.41) is 16.8. The minimum Gasteiger partial charge on any atom is -0.495 e. The van der Waals surface area contributed by atoms with Crippen LogP contribution in [0.1, 0.15) is 24.1 Å². The Balaban J connectivity index is 1.33. The Labute approximate surface area is 201 Å². The van der Waals surface area contributed by atoms with Crippen LogP contribution in [-0.4, -0.2) is 41.8 Å². The number of nitrogens with zero attached hydrogens (tertiary/aromatic N) is 4. The van der Waals surface area contributed by atoms with Gasteiger partial charge in [-0.25, -0.2) is 9.07 Å². The second-order valence-corrected chi connectivity index (χ2v) is 8.18. The van der Waals surface area contributed by atoms with Gasteiger partial charge in [0.2, 0.25) is 11.8 Å². The molecule has 0 saturated carbocycles. The van der Waals surface area contributed by atoms with E-state index in [1.807, 2.05) is 12.1 Å². The number of nitrogens with one attached hydrogen (secondary N) is 1. The average Bonchev–Trinajstić information content (AvgIpc) is 3.41. The molecular formula is C25H25FN6O3. The van der Waals surface area contributed by atoms with Crippen LogP contribution in [-0.2, 0) is 16.0 Å². The molecule has 35 heavy (non-hydrogen) atoms. The molecule has 1 aromatic heterocycles. The molecule has 2 heterocycles. The molecule has 1 fully saturated rings. The second-order valence-electron chi connectivity index (χ2n) is 8.18. The highest BCUT2D eigenvalue weighted by molar-refractivity contribution is 6.01. The van der Waals surface area contributed by atoms with Gasteiger partial charge in [0.1, 0.15) is 29.0 Å². The number of nitrogens with two attached hydrogens (primary N) is 1. The number of carbonyl (C=O) groups excluding carboxylic acids is 2. The number of rotatable bonds is 8. The van der Waals surface area contributed by atoms with Crippen molar-refractivity contribution in [2.45, 2.75) is 19.3 Å². The summed E-state index contributed by atoms with van der Waals surface area (Å²) >= 11 is 0. The summed E-state index contributed by atoms with van der Waals surface area (Å²) in [4.78, 5) is 26.8. The first-order valence-corrected chi connectivity index (χ1v) is 11.2. The number of amides is 2. The van der Waals surface area contributed by atoms with E-state index >= 15 is 0 Å². The van der Waals surface area contributed by atoms with Gasteiger partial charge in [0, 0.05) is 19.5 Å². The average molecular weight is 477 g/mol. The molecule has 2 aromatic carbocycles. The van der Waals surface area contributed by atoms with Crippen molar-refractivity contribution in [2.75, 3.05) is 30.8 Å². The number of carbonyl (C=O) groups is 2. The van der Waals surface area contributed by atoms with Crippen LogP contribution in [0.25, 0.3) is 5.69 Å². The second kappa shape index (κ2) is 10.3. The van der Waals surface area contributed by atoms with Gasteiger partial charge in [-0.3, -0.25) is 9.59 Å². The van der Waals surface area contributed by atoms with Gasteiger partial charge >= 0.3 is 0 Å². The van der Waals surface area contributed by atoms with Gasteiger partial charge in [0.15, 0.2) is 0 Å². The van der Waals surface area contributed by atoms with E-state index in [-0.39, 0.29) is 42.0 Å². The van der Waals surface area contributed by atoms with Crippen LogP contribution < -0.4 is 20.7 Å². The lowest BCUT2D eigenvalue weighted by Crippen LogP contribution is -2.33. The smallest absolute Gasteiger partial charge is 0.227 e. The van der Waals surface area contributed by atoms with E-state index in [0.29, 0.717) is 42.2 Å². The summed E-state index contributed by atoms with van der Waals surface area (Å²) in [7, 11) is 1.54. The molecule has 3 aromatic rings. The van der Waals surface area contributed by atoms with E-state index < -0.39 is 5.92 Å². The van der Waals surface area contributed by atoms with Crippen molar-refractivity contribution in [3.8, 4) is 17.5 Å². The molecule has 0 radical (unpaired) electrons. The van der Waals surface area contributed by atoms with Gasteiger partial charge < -0.3 is 20.7 Å². The van der Waals surface area contributed by atoms with Crippen molar-refractivity contribution in [1.29, 1.82) is 5.26 Å². The van der Waals surface area contributed by atoms with Gasteiger partial charge in [-0.1, -0.05) is 12.1 Å². The maximum Gasteiger partial charge on any atom is 0.227 e. The van der Waals surface area contributed by atoms with Crippen LogP contribution in [0.2, 0.25) is 0 Å². The molecule has 10 heteroatoms. The minimum atomic E-state index is -0.463. The molecule has 180 valence electrons. The Bertz CT molecular complexity index is 1280. The lowest BCUT2D eigenvalue weighted by Gasteiger charge is -2.19. The van der Waals surface area contributed by atoms with Gasteiger partial charge in [-0.2, -0.15) is 10.4 Å². The number of ether oxygens (including phenoxy) is 1. The Hall–Kier alpha value is -4.39. The van der Waals surface area contributed by atoms with Gasteiger partial charge in [-0.05, 0) is 49.2 Å². The van der Waals surface area contributed by atoms with E-state index in [2.05, 4.69) is 16.5 Å². The largest absolute Gasteiger partial charge is 0.495 e. The number of halogens is 1. The fraction of sp³-hybridized carbons (Fsp3) is 0.280. The molecule has 1 aliphatic rings. The molecule has 1 saturated heterocycles. The number of nitriles is 1. The SMILES string of the molecule is COc1ccccc1N1CC(C(=O)NCCCc2nn(-c3ccc(F)cc3)c(N)c2C#N)CC1=O. The Morgan fingerprint density at radius 3 is 2.74 bits per heavy atom. The van der Waals surface area contributed by atoms with E-state index in [1.165, 1.54) is 36.1 Å². The number of benzene rings is 2. The molecule has 0 bridgehead atoms. The minimum absolute atomic E-state index is 0.126. The van der Waals surface area contributed by atoms with Gasteiger partial charge in [0.05, 0.1) is 30.1 Å². The van der Waals surface area contributed by atoms with Crippen molar-refractivity contribution in [3.05, 3.63) is 65.6 Å². The third-order valence-corrected chi connectivity index (χ3v) is 5.94. The zero-order valence-corrected chi connectivity index (χ0v) is 19.2. The molecule has 1 unspecified atom stereocenters. The zero-order chi connectivity index (χ0) is 24.9. The summed E-state index contributed by atoms with van der Waals surface area (Å²) in [6, 6.07) is 14.9. The molecule has 3 N–H and O–H groups in total. The number of nitrogen functional groups attached to an aromatic ring is 1. The highest BCUT2D eigenvalue weighted by atomic mass is 19.1. The molecule has 1 atom stereocenters. The van der Waals surface area contributed by atoms with Crippen LogP contribution >= 0.6 is 0 Å². The molecule has 0 aliphatic carbocycles. The quantitative estimate of drug-likeness (QED) is 0.481. The summed E-state index contributed by atoms with van der Waals surface area (Å²) < 4.78 is 20.0. The predicted molar refractivity (Wildman–Crippen MR) is 127 cm³/mol. The number of methoxy groups -OCH3 is 1. The van der Waals surface area contributed by atoms with Crippen LogP contribution in [0.15, 0.2) is 48.5 Å². The standard InChI is InChI=1S/C25H25FN6O3/c1-35-22-7-3-2-6-21(22)31-15-16(13-23(31)33)25(34)29-12-4-5-20-19(14-27)24(28)32(30-20)18-10-8-17(26)9-11-18/h2-3,6-11,16H,4-5,12-13,15,28H2,1H3,(H,29,34). The Morgan fingerprint density at radius 2 is 2.03 bits per heavy atom. The molecule has 2 amide bonds. The van der Waals surface area contributed by atoms with Gasteiger partial charge in [0.25, 0.3) is 0 Å². The fourth-order valence-electron chi connectivity index (χ4n) is 4.13. The molecule has 0 spiro atoms. The third kappa shape index (κ3) is 4.94. The summed E-state index contributed by atoms with van der Waals surface area (Å²) in [5.41, 5.74) is 8.04. The first-order chi connectivity index (χ1) is 16.9. The highest BCUT2D eigenvalue weighted by Gasteiger charge is 2.36. The van der Waals surface area contributed by atoms with E-state index in [1.54, 1.807) is 17.0 Å². The topological polar surface area (TPSA) is 126 Å². The molecule has 1 aliphatic heterocycles. The number of para-hydroxylation sites is 2. The summed E-state index contributed by atoms with van der Waals surface area (Å²) in [5.74, 6) is -0.419. The summed E-state index contributed by atoms with van der Waals surface area (Å²) in [6.45, 7) is 0.634. The summed E-state index contributed by atoms with van der Waals surface area (Å²) in [6.07, 6.45) is 1.07. The fourth-order valence-corrected chi connectivity index (χ4v) is 4.13. The lowest BCUT2D eigenvalue weighted by molar-refractivity contribution is -0.126. The van der Waals surface area contributed by atoms with Crippen LogP contribution in [0.4, 0.5) is 15.9 Å². The molecular weight excluding hydrogens is 451 g/mol. The van der Waals surface area contributed by atoms with Crippen molar-refractivity contribution < 1.29 is 18.7 Å².